The van der Waals surface area contributed by atoms with Crippen molar-refractivity contribution in [1.82, 2.24) is 0 Å². The van der Waals surface area contributed by atoms with Crippen molar-refractivity contribution in [3.05, 3.63) is 0 Å². The Morgan fingerprint density at radius 2 is 0.833 bits per heavy atom. The highest BCUT2D eigenvalue weighted by atomic mass is 32.1. The van der Waals surface area contributed by atoms with E-state index in [0.717, 1.165) is 11.5 Å². The molecular weight excluding hydrogens is 348 g/mol. The molecule has 1 atom stereocenters. The van der Waals surface area contributed by atoms with Crippen LogP contribution in [0.25, 0.3) is 0 Å². The Hall–Kier alpha value is 1.05. The summed E-state index contributed by atoms with van der Waals surface area (Å²) in [6.07, 6.45) is 23.0. The highest BCUT2D eigenvalue weighted by molar-refractivity contribution is 7.81. The zero-order chi connectivity index (χ0) is 17.9. The van der Waals surface area contributed by atoms with Crippen LogP contribution in [0.2, 0.25) is 0 Å². The normalized spacial score (nSPS) is 14.0. The summed E-state index contributed by atoms with van der Waals surface area (Å²) in [5.41, 5.74) is 0. The van der Waals surface area contributed by atoms with Gasteiger partial charge in [-0.05, 0) is 43.6 Å². The van der Waals surface area contributed by atoms with E-state index in [2.05, 4.69) is 32.2 Å². The van der Waals surface area contributed by atoms with E-state index in [-0.39, 0.29) is 4.75 Å². The Morgan fingerprint density at radius 1 is 0.500 bits per heavy atom. The van der Waals surface area contributed by atoms with Gasteiger partial charge in [0.1, 0.15) is 0 Å². The molecule has 0 saturated carbocycles. The van der Waals surface area contributed by atoms with Gasteiger partial charge >= 0.3 is 0 Å². The fraction of sp³-hybridized carbons (Fsp3) is 1.00. The van der Waals surface area contributed by atoms with Crippen LogP contribution in [0, 0.1) is 0 Å². The summed E-state index contributed by atoms with van der Waals surface area (Å²) in [5.74, 6) is 2.04. The average Bonchev–Trinajstić information content (AvgIpc) is 2.58. The molecule has 0 aromatic heterocycles. The van der Waals surface area contributed by atoms with E-state index in [0.29, 0.717) is 0 Å². The van der Waals surface area contributed by atoms with Gasteiger partial charge in [0.05, 0.1) is 0 Å². The minimum absolute atomic E-state index is 0.278. The third kappa shape index (κ3) is 16.5. The zero-order valence-corrected chi connectivity index (χ0v) is 19.0. The van der Waals surface area contributed by atoms with Crippen molar-refractivity contribution in [2.75, 3.05) is 11.5 Å². The second kappa shape index (κ2) is 18.8. The van der Waals surface area contributed by atoms with Crippen LogP contribution in [0.1, 0.15) is 116 Å². The Morgan fingerprint density at radius 3 is 1.29 bits per heavy atom. The quantitative estimate of drug-likeness (QED) is 0.143. The van der Waals surface area contributed by atoms with E-state index in [1.54, 1.807) is 0 Å². The summed E-state index contributed by atoms with van der Waals surface area (Å²) in [5, 5.41) is 0. The SMILES string of the molecule is CCCCCCCCCCCC(S)(CCCCS)CCCCCS. The molecule has 0 aliphatic heterocycles. The van der Waals surface area contributed by atoms with Crippen LogP contribution in [0.5, 0.6) is 0 Å². The highest BCUT2D eigenvalue weighted by Crippen LogP contribution is 2.34. The molecule has 0 heterocycles. The van der Waals surface area contributed by atoms with Gasteiger partial charge in [-0.2, -0.15) is 37.9 Å². The standard InChI is InChI=1S/C21H44S3/c1-2-3-4-5-6-7-8-9-11-16-21(24,18-13-15-20-23)17-12-10-14-19-22/h22-24H,2-20H2,1H3. The monoisotopic (exact) mass is 392 g/mol. The first-order chi connectivity index (χ1) is 11.7. The van der Waals surface area contributed by atoms with Gasteiger partial charge < -0.3 is 0 Å². The van der Waals surface area contributed by atoms with Gasteiger partial charge in [-0.25, -0.2) is 0 Å². The smallest absolute Gasteiger partial charge is 0.0130 e. The predicted octanol–water partition coefficient (Wildman–Crippen LogP) is 8.17. The molecule has 0 aromatic carbocycles. The van der Waals surface area contributed by atoms with E-state index in [1.807, 2.05) is 0 Å². The summed E-state index contributed by atoms with van der Waals surface area (Å²) >= 11 is 13.8. The van der Waals surface area contributed by atoms with Crippen molar-refractivity contribution in [3.8, 4) is 0 Å². The van der Waals surface area contributed by atoms with E-state index in [1.165, 1.54) is 109 Å². The summed E-state index contributed by atoms with van der Waals surface area (Å²) in [4.78, 5) is 0. The van der Waals surface area contributed by atoms with E-state index >= 15 is 0 Å². The molecule has 0 radical (unpaired) electrons. The first-order valence-electron chi connectivity index (χ1n) is 10.6. The number of rotatable bonds is 19. The first kappa shape index (κ1) is 25.1. The van der Waals surface area contributed by atoms with Crippen LogP contribution in [0.4, 0.5) is 0 Å². The van der Waals surface area contributed by atoms with Gasteiger partial charge in [-0.3, -0.25) is 0 Å². The third-order valence-electron chi connectivity index (χ3n) is 5.10. The molecule has 24 heavy (non-hydrogen) atoms. The Bertz CT molecular complexity index is 245. The van der Waals surface area contributed by atoms with Crippen LogP contribution in [0.15, 0.2) is 0 Å². The lowest BCUT2D eigenvalue weighted by atomic mass is 9.89. The number of thiol groups is 3. The maximum absolute atomic E-state index is 5.13. The van der Waals surface area contributed by atoms with Gasteiger partial charge in [-0.1, -0.05) is 84.0 Å². The molecule has 0 saturated heterocycles. The topological polar surface area (TPSA) is 0 Å². The summed E-state index contributed by atoms with van der Waals surface area (Å²) < 4.78 is 0.278. The average molecular weight is 393 g/mol. The van der Waals surface area contributed by atoms with Crippen molar-refractivity contribution in [3.63, 3.8) is 0 Å². The molecule has 0 spiro atoms. The number of unbranched alkanes of at least 4 members (excludes halogenated alkanes) is 11. The fourth-order valence-electron chi connectivity index (χ4n) is 3.45. The molecule has 0 nitrogen and oxygen atoms in total. The van der Waals surface area contributed by atoms with Crippen molar-refractivity contribution in [2.24, 2.45) is 0 Å². The minimum atomic E-state index is 0.278. The predicted molar refractivity (Wildman–Crippen MR) is 124 cm³/mol. The van der Waals surface area contributed by atoms with Crippen LogP contribution in [-0.4, -0.2) is 16.3 Å². The Labute approximate surface area is 170 Å². The van der Waals surface area contributed by atoms with E-state index in [9.17, 15) is 0 Å². The van der Waals surface area contributed by atoms with Crippen molar-refractivity contribution >= 4 is 37.9 Å². The molecule has 146 valence electrons. The van der Waals surface area contributed by atoms with E-state index < -0.39 is 0 Å². The molecule has 0 N–H and O–H groups in total. The number of hydrogen-bond donors (Lipinski definition) is 3. The molecule has 0 fully saturated rings. The lowest BCUT2D eigenvalue weighted by molar-refractivity contribution is 0.416. The van der Waals surface area contributed by atoms with Crippen LogP contribution >= 0.6 is 37.9 Å². The van der Waals surface area contributed by atoms with Crippen LogP contribution in [-0.2, 0) is 0 Å². The van der Waals surface area contributed by atoms with Crippen molar-refractivity contribution in [2.45, 2.75) is 121 Å². The van der Waals surface area contributed by atoms with Crippen molar-refractivity contribution < 1.29 is 0 Å². The molecule has 1 unspecified atom stereocenters. The molecule has 0 amide bonds. The summed E-state index contributed by atoms with van der Waals surface area (Å²) in [6.45, 7) is 2.29. The lowest BCUT2D eigenvalue weighted by Gasteiger charge is -2.29. The Balaban J connectivity index is 3.81. The Kier molecular flexibility index (Phi) is 19.7. The second-order valence-electron chi connectivity index (χ2n) is 7.52. The molecule has 0 aromatic rings. The van der Waals surface area contributed by atoms with E-state index in [4.69, 9.17) is 12.6 Å². The molecule has 0 rings (SSSR count). The molecule has 0 aliphatic rings. The van der Waals surface area contributed by atoms with Crippen molar-refractivity contribution in [1.29, 1.82) is 0 Å². The maximum Gasteiger partial charge on any atom is 0.0130 e. The molecular formula is C21H44S3. The van der Waals surface area contributed by atoms with Crippen LogP contribution < -0.4 is 0 Å². The first-order valence-corrected chi connectivity index (χ1v) is 12.3. The second-order valence-corrected chi connectivity index (χ2v) is 9.36. The third-order valence-corrected chi connectivity index (χ3v) is 6.40. The molecule has 0 bridgehead atoms. The number of hydrogen-bond acceptors (Lipinski definition) is 3. The largest absolute Gasteiger partial charge is 0.179 e. The van der Waals surface area contributed by atoms with Gasteiger partial charge in [0.2, 0.25) is 0 Å². The summed E-state index contributed by atoms with van der Waals surface area (Å²) in [6, 6.07) is 0. The van der Waals surface area contributed by atoms with Crippen LogP contribution in [0.3, 0.4) is 0 Å². The zero-order valence-electron chi connectivity index (χ0n) is 16.3. The van der Waals surface area contributed by atoms with Gasteiger partial charge in [0, 0.05) is 4.75 Å². The molecule has 0 aliphatic carbocycles. The van der Waals surface area contributed by atoms with Gasteiger partial charge in [0.15, 0.2) is 0 Å². The lowest BCUT2D eigenvalue weighted by Crippen LogP contribution is -2.21. The molecule has 3 heteroatoms. The maximum atomic E-state index is 5.13. The minimum Gasteiger partial charge on any atom is -0.179 e. The fourth-order valence-corrected chi connectivity index (χ4v) is 4.37. The highest BCUT2D eigenvalue weighted by Gasteiger charge is 2.23. The summed E-state index contributed by atoms with van der Waals surface area (Å²) in [7, 11) is 0. The van der Waals surface area contributed by atoms with Gasteiger partial charge in [0.25, 0.3) is 0 Å². The van der Waals surface area contributed by atoms with Gasteiger partial charge in [-0.15, -0.1) is 0 Å².